The summed E-state index contributed by atoms with van der Waals surface area (Å²) >= 11 is 0. The van der Waals surface area contributed by atoms with E-state index in [4.69, 9.17) is 5.73 Å². The second kappa shape index (κ2) is 6.44. The molecule has 1 aliphatic heterocycles. The number of likely N-dealkylation sites (tertiary alicyclic amines) is 1. The largest absolute Gasteiger partial charge is 0.381 e. The van der Waals surface area contributed by atoms with Gasteiger partial charge in [-0.1, -0.05) is 0 Å². The average molecular weight is 315 g/mol. The first kappa shape index (κ1) is 15.8. The van der Waals surface area contributed by atoms with Crippen LogP contribution in [-0.2, 0) is 21.9 Å². The first-order chi connectivity index (χ1) is 9.92. The van der Waals surface area contributed by atoms with Gasteiger partial charge < -0.3 is 15.2 Å². The minimum Gasteiger partial charge on any atom is -0.381 e. The van der Waals surface area contributed by atoms with Crippen molar-refractivity contribution in [2.45, 2.75) is 30.7 Å². The Kier molecular flexibility index (Phi) is 4.84. The molecule has 1 fully saturated rings. The Labute approximate surface area is 124 Å². The highest BCUT2D eigenvalue weighted by atomic mass is 32.2. The van der Waals surface area contributed by atoms with Gasteiger partial charge in [0.25, 0.3) is 10.0 Å². The van der Waals surface area contributed by atoms with E-state index >= 15 is 0 Å². The standard InChI is InChI=1S/C12H21N5O3S/c1-16-9-14-11(13)12(16)21(19,20)15-6-5-10(18)17-7-3-2-4-8-17/h9,15H,2-8,13H2,1H3. The molecule has 1 aromatic rings. The van der Waals surface area contributed by atoms with E-state index < -0.39 is 10.0 Å². The van der Waals surface area contributed by atoms with Gasteiger partial charge in [-0.15, -0.1) is 0 Å². The number of aromatic nitrogens is 2. The summed E-state index contributed by atoms with van der Waals surface area (Å²) in [5.41, 5.74) is 5.55. The second-order valence-corrected chi connectivity index (χ2v) is 6.82. The summed E-state index contributed by atoms with van der Waals surface area (Å²) < 4.78 is 28.0. The molecule has 0 atom stereocenters. The van der Waals surface area contributed by atoms with Crippen molar-refractivity contribution >= 4 is 21.7 Å². The molecule has 0 spiro atoms. The van der Waals surface area contributed by atoms with Crippen LogP contribution in [0, 0.1) is 0 Å². The fourth-order valence-electron chi connectivity index (χ4n) is 2.43. The summed E-state index contributed by atoms with van der Waals surface area (Å²) in [6.07, 6.45) is 4.67. The molecule has 8 nitrogen and oxygen atoms in total. The lowest BCUT2D eigenvalue weighted by Crippen LogP contribution is -2.38. The molecule has 1 saturated heterocycles. The van der Waals surface area contributed by atoms with E-state index in [2.05, 4.69) is 9.71 Å². The number of carbonyl (C=O) groups is 1. The van der Waals surface area contributed by atoms with Gasteiger partial charge in [0, 0.05) is 33.1 Å². The van der Waals surface area contributed by atoms with Crippen LogP contribution >= 0.6 is 0 Å². The van der Waals surface area contributed by atoms with E-state index in [9.17, 15) is 13.2 Å². The molecular formula is C12H21N5O3S. The predicted molar refractivity (Wildman–Crippen MR) is 77.9 cm³/mol. The quantitative estimate of drug-likeness (QED) is 0.774. The van der Waals surface area contributed by atoms with Crippen LogP contribution in [0.25, 0.3) is 0 Å². The molecular weight excluding hydrogens is 294 g/mol. The van der Waals surface area contributed by atoms with E-state index in [1.165, 1.54) is 10.9 Å². The lowest BCUT2D eigenvalue weighted by molar-refractivity contribution is -0.131. The minimum absolute atomic E-state index is 0.0182. The highest BCUT2D eigenvalue weighted by Gasteiger charge is 2.23. The number of rotatable bonds is 5. The monoisotopic (exact) mass is 315 g/mol. The zero-order chi connectivity index (χ0) is 15.5. The van der Waals surface area contributed by atoms with E-state index in [0.29, 0.717) is 0 Å². The molecule has 118 valence electrons. The van der Waals surface area contributed by atoms with Crippen LogP contribution in [0.4, 0.5) is 5.82 Å². The van der Waals surface area contributed by atoms with Gasteiger partial charge in [-0.05, 0) is 19.3 Å². The second-order valence-electron chi connectivity index (χ2n) is 5.14. The Morgan fingerprint density at radius 1 is 1.38 bits per heavy atom. The number of aryl methyl sites for hydroxylation is 1. The van der Waals surface area contributed by atoms with Crippen molar-refractivity contribution < 1.29 is 13.2 Å². The van der Waals surface area contributed by atoms with E-state index in [1.54, 1.807) is 11.9 Å². The van der Waals surface area contributed by atoms with Crippen LogP contribution in [0.1, 0.15) is 25.7 Å². The summed E-state index contributed by atoms with van der Waals surface area (Å²) in [6.45, 7) is 1.59. The topological polar surface area (TPSA) is 110 Å². The molecule has 0 bridgehead atoms. The Bertz CT molecular complexity index is 585. The van der Waals surface area contributed by atoms with Gasteiger partial charge in [0.1, 0.15) is 0 Å². The Morgan fingerprint density at radius 3 is 2.62 bits per heavy atom. The molecule has 1 aromatic heterocycles. The number of anilines is 1. The fourth-order valence-corrected chi connectivity index (χ4v) is 3.69. The molecule has 0 aromatic carbocycles. The van der Waals surface area contributed by atoms with Crippen LogP contribution in [-0.4, -0.2) is 48.4 Å². The molecule has 2 heterocycles. The third-order valence-corrected chi connectivity index (χ3v) is 5.09. The maximum atomic E-state index is 12.1. The number of nitrogens with zero attached hydrogens (tertiary/aromatic N) is 3. The molecule has 0 aliphatic carbocycles. The summed E-state index contributed by atoms with van der Waals surface area (Å²) in [5, 5.41) is -0.0760. The number of carbonyl (C=O) groups excluding carboxylic acids is 1. The highest BCUT2D eigenvalue weighted by molar-refractivity contribution is 7.89. The van der Waals surface area contributed by atoms with E-state index in [1.807, 2.05) is 0 Å². The number of hydrogen-bond donors (Lipinski definition) is 2. The number of nitrogens with two attached hydrogens (primary N) is 1. The number of hydrogen-bond acceptors (Lipinski definition) is 5. The van der Waals surface area contributed by atoms with Gasteiger partial charge in [0.15, 0.2) is 10.8 Å². The third-order valence-electron chi connectivity index (χ3n) is 3.50. The number of imidazole rings is 1. The zero-order valence-electron chi connectivity index (χ0n) is 12.1. The molecule has 21 heavy (non-hydrogen) atoms. The smallest absolute Gasteiger partial charge is 0.260 e. The van der Waals surface area contributed by atoms with Crippen molar-refractivity contribution in [3.05, 3.63) is 6.33 Å². The summed E-state index contributed by atoms with van der Waals surface area (Å²) in [7, 11) is -2.20. The Hall–Kier alpha value is -1.61. The lowest BCUT2D eigenvalue weighted by Gasteiger charge is -2.26. The van der Waals surface area contributed by atoms with Crippen molar-refractivity contribution in [2.24, 2.45) is 7.05 Å². The minimum atomic E-state index is -3.75. The van der Waals surface area contributed by atoms with Crippen molar-refractivity contribution in [2.75, 3.05) is 25.4 Å². The molecule has 2 rings (SSSR count). The third kappa shape index (κ3) is 3.73. The van der Waals surface area contributed by atoms with Crippen molar-refractivity contribution in [1.82, 2.24) is 19.2 Å². The number of nitrogens with one attached hydrogen (secondary N) is 1. The van der Waals surface area contributed by atoms with E-state index in [-0.39, 0.29) is 29.7 Å². The Balaban J connectivity index is 1.89. The first-order valence-electron chi connectivity index (χ1n) is 6.96. The van der Waals surface area contributed by atoms with Crippen LogP contribution in [0.2, 0.25) is 0 Å². The predicted octanol–water partition coefficient (Wildman–Crippen LogP) is -0.317. The highest BCUT2D eigenvalue weighted by Crippen LogP contribution is 2.15. The summed E-state index contributed by atoms with van der Waals surface area (Å²) in [5.74, 6) is -0.0669. The lowest BCUT2D eigenvalue weighted by atomic mass is 10.1. The number of piperidine rings is 1. The Morgan fingerprint density at radius 2 is 2.05 bits per heavy atom. The molecule has 1 amide bonds. The first-order valence-corrected chi connectivity index (χ1v) is 8.44. The summed E-state index contributed by atoms with van der Waals surface area (Å²) in [4.78, 5) is 17.5. The van der Waals surface area contributed by atoms with Gasteiger partial charge in [-0.2, -0.15) is 0 Å². The number of sulfonamides is 1. The maximum absolute atomic E-state index is 12.1. The molecule has 9 heteroatoms. The van der Waals surface area contributed by atoms with Gasteiger partial charge in [0.05, 0.1) is 6.33 Å². The van der Waals surface area contributed by atoms with Gasteiger partial charge in [0.2, 0.25) is 5.91 Å². The van der Waals surface area contributed by atoms with E-state index in [0.717, 1.165) is 32.4 Å². The normalized spacial score (nSPS) is 16.1. The van der Waals surface area contributed by atoms with Crippen molar-refractivity contribution in [3.63, 3.8) is 0 Å². The average Bonchev–Trinajstić information content (AvgIpc) is 2.79. The van der Waals surface area contributed by atoms with Crippen LogP contribution in [0.5, 0.6) is 0 Å². The van der Waals surface area contributed by atoms with Gasteiger partial charge >= 0.3 is 0 Å². The zero-order valence-corrected chi connectivity index (χ0v) is 12.9. The molecule has 0 radical (unpaired) electrons. The molecule has 1 aliphatic rings. The fraction of sp³-hybridized carbons (Fsp3) is 0.667. The molecule has 0 unspecified atom stereocenters. The van der Waals surface area contributed by atoms with Crippen LogP contribution in [0.15, 0.2) is 11.4 Å². The summed E-state index contributed by atoms with van der Waals surface area (Å²) in [6, 6.07) is 0. The SMILES string of the molecule is Cn1cnc(N)c1S(=O)(=O)NCCC(=O)N1CCCCC1. The van der Waals surface area contributed by atoms with Gasteiger partial charge in [-0.3, -0.25) is 4.79 Å². The van der Waals surface area contributed by atoms with Crippen LogP contribution < -0.4 is 10.5 Å². The van der Waals surface area contributed by atoms with Gasteiger partial charge in [-0.25, -0.2) is 18.1 Å². The maximum Gasteiger partial charge on any atom is 0.260 e. The van der Waals surface area contributed by atoms with Crippen LogP contribution in [0.3, 0.4) is 0 Å². The molecule has 3 N–H and O–H groups in total. The van der Waals surface area contributed by atoms with Crippen molar-refractivity contribution in [3.8, 4) is 0 Å². The number of amides is 1. The molecule has 0 saturated carbocycles. The number of nitrogen functional groups attached to an aromatic ring is 1. The van der Waals surface area contributed by atoms with Crippen molar-refractivity contribution in [1.29, 1.82) is 0 Å².